The van der Waals surface area contributed by atoms with E-state index in [-0.39, 0.29) is 17.1 Å². The summed E-state index contributed by atoms with van der Waals surface area (Å²) >= 11 is 0. The van der Waals surface area contributed by atoms with Crippen molar-refractivity contribution in [1.82, 2.24) is 0 Å². The summed E-state index contributed by atoms with van der Waals surface area (Å²) in [5.74, 6) is -0.0485. The molecule has 0 aliphatic carbocycles. The van der Waals surface area contributed by atoms with Gasteiger partial charge in [0.25, 0.3) is 0 Å². The Morgan fingerprint density at radius 3 is 2.39 bits per heavy atom. The van der Waals surface area contributed by atoms with Crippen LogP contribution < -0.4 is 4.74 Å². The number of halogens is 1. The molecule has 2 aromatic rings. The first-order valence-corrected chi connectivity index (χ1v) is 5.62. The number of aryl methyl sites for hydroxylation is 1. The Balaban J connectivity index is 2.44. The molecule has 2 aromatic carbocycles. The Morgan fingerprint density at radius 2 is 1.72 bits per heavy atom. The van der Waals surface area contributed by atoms with Crippen LogP contribution in [0, 0.1) is 12.7 Å². The van der Waals surface area contributed by atoms with Crippen molar-refractivity contribution in [3.8, 4) is 11.5 Å². The number of hydrogen-bond donors (Lipinski definition) is 0. The van der Waals surface area contributed by atoms with Crippen LogP contribution >= 0.6 is 0 Å². The molecule has 0 amide bonds. The maximum atomic E-state index is 13.6. The highest BCUT2D eigenvalue weighted by Crippen LogP contribution is 2.29. The number of carbonyl (C=O) groups is 1. The van der Waals surface area contributed by atoms with E-state index >= 15 is 0 Å². The van der Waals surface area contributed by atoms with Gasteiger partial charge in [0, 0.05) is 0 Å². The van der Waals surface area contributed by atoms with Crippen LogP contribution in [0.5, 0.6) is 11.5 Å². The van der Waals surface area contributed by atoms with Gasteiger partial charge in [-0.25, -0.2) is 4.39 Å². The average molecular weight is 244 g/mol. The molecular weight excluding hydrogens is 231 g/mol. The zero-order valence-electron chi connectivity index (χ0n) is 10.2. The molecule has 2 nitrogen and oxygen atoms in total. The highest BCUT2D eigenvalue weighted by Gasteiger charge is 2.15. The van der Waals surface area contributed by atoms with Crippen LogP contribution in [0.4, 0.5) is 4.39 Å². The molecule has 18 heavy (non-hydrogen) atoms. The molecule has 0 heterocycles. The summed E-state index contributed by atoms with van der Waals surface area (Å²) in [4.78, 5) is 11.4. The van der Waals surface area contributed by atoms with Crippen LogP contribution in [0.2, 0.25) is 0 Å². The van der Waals surface area contributed by atoms with Gasteiger partial charge in [-0.1, -0.05) is 24.3 Å². The van der Waals surface area contributed by atoms with E-state index in [1.807, 2.05) is 25.1 Å². The van der Waals surface area contributed by atoms with E-state index in [2.05, 4.69) is 0 Å². The van der Waals surface area contributed by atoms with Crippen molar-refractivity contribution < 1.29 is 13.9 Å². The molecule has 0 radical (unpaired) electrons. The average Bonchev–Trinajstić information content (AvgIpc) is 2.31. The van der Waals surface area contributed by atoms with Gasteiger partial charge >= 0.3 is 0 Å². The fourth-order valence-electron chi connectivity index (χ4n) is 1.72. The standard InChI is InChI=1S/C15H13FO2/c1-10-6-3-4-8-13(10)18-14-9-5-7-12(16)15(14)11(2)17/h3-9H,1-2H3. The Labute approximate surface area is 105 Å². The molecule has 0 aliphatic rings. The molecule has 3 heteroatoms. The van der Waals surface area contributed by atoms with E-state index in [1.165, 1.54) is 19.1 Å². The molecule has 0 bridgehead atoms. The summed E-state index contributed by atoms with van der Waals surface area (Å²) in [5, 5.41) is 0. The van der Waals surface area contributed by atoms with E-state index in [4.69, 9.17) is 4.74 Å². The number of carbonyl (C=O) groups excluding carboxylic acids is 1. The van der Waals surface area contributed by atoms with Gasteiger partial charge < -0.3 is 4.74 Å². The summed E-state index contributed by atoms with van der Waals surface area (Å²) in [6.45, 7) is 3.21. The summed E-state index contributed by atoms with van der Waals surface area (Å²) in [6, 6.07) is 11.8. The fourth-order valence-corrected chi connectivity index (χ4v) is 1.72. The maximum Gasteiger partial charge on any atom is 0.166 e. The van der Waals surface area contributed by atoms with Crippen molar-refractivity contribution in [1.29, 1.82) is 0 Å². The molecule has 0 fully saturated rings. The second-order valence-electron chi connectivity index (χ2n) is 4.04. The normalized spacial score (nSPS) is 10.2. The van der Waals surface area contributed by atoms with Gasteiger partial charge in [0.1, 0.15) is 17.3 Å². The lowest BCUT2D eigenvalue weighted by Crippen LogP contribution is -2.01. The summed E-state index contributed by atoms with van der Waals surface area (Å²) < 4.78 is 19.2. The van der Waals surface area contributed by atoms with Crippen LogP contribution in [0.1, 0.15) is 22.8 Å². The Bertz CT molecular complexity index is 591. The molecule has 0 saturated carbocycles. The van der Waals surface area contributed by atoms with Crippen molar-refractivity contribution in [2.75, 3.05) is 0 Å². The maximum absolute atomic E-state index is 13.6. The van der Waals surface area contributed by atoms with Crippen molar-refractivity contribution in [2.24, 2.45) is 0 Å². The minimum Gasteiger partial charge on any atom is -0.456 e. The molecule has 0 spiro atoms. The number of benzene rings is 2. The topological polar surface area (TPSA) is 26.3 Å². The zero-order chi connectivity index (χ0) is 13.1. The summed E-state index contributed by atoms with van der Waals surface area (Å²) in [7, 11) is 0. The minimum atomic E-state index is -0.561. The molecule has 92 valence electrons. The quantitative estimate of drug-likeness (QED) is 0.759. The number of rotatable bonds is 3. The van der Waals surface area contributed by atoms with Crippen molar-refractivity contribution in [3.05, 3.63) is 59.4 Å². The van der Waals surface area contributed by atoms with Gasteiger partial charge in [-0.15, -0.1) is 0 Å². The second-order valence-corrected chi connectivity index (χ2v) is 4.04. The van der Waals surface area contributed by atoms with E-state index in [0.29, 0.717) is 5.75 Å². The number of para-hydroxylation sites is 1. The van der Waals surface area contributed by atoms with E-state index in [0.717, 1.165) is 5.56 Å². The third kappa shape index (κ3) is 2.40. The molecular formula is C15H13FO2. The third-order valence-electron chi connectivity index (χ3n) is 2.64. The zero-order valence-corrected chi connectivity index (χ0v) is 10.2. The first-order valence-electron chi connectivity index (χ1n) is 5.62. The second kappa shape index (κ2) is 5.00. The van der Waals surface area contributed by atoms with Crippen molar-refractivity contribution >= 4 is 5.78 Å². The SMILES string of the molecule is CC(=O)c1c(F)cccc1Oc1ccccc1C. The largest absolute Gasteiger partial charge is 0.456 e. The minimum absolute atomic E-state index is 0.0132. The molecule has 2 rings (SSSR count). The van der Waals surface area contributed by atoms with Crippen LogP contribution in [0.15, 0.2) is 42.5 Å². The molecule has 0 unspecified atom stereocenters. The predicted molar refractivity (Wildman–Crippen MR) is 67.7 cm³/mol. The van der Waals surface area contributed by atoms with Crippen LogP contribution in [0.3, 0.4) is 0 Å². The lowest BCUT2D eigenvalue weighted by molar-refractivity contribution is 0.101. The predicted octanol–water partition coefficient (Wildman–Crippen LogP) is 4.13. The number of ketones is 1. The first kappa shape index (κ1) is 12.3. The Morgan fingerprint density at radius 1 is 1.06 bits per heavy atom. The van der Waals surface area contributed by atoms with Crippen LogP contribution in [-0.2, 0) is 0 Å². The highest BCUT2D eigenvalue weighted by molar-refractivity contribution is 5.97. The third-order valence-corrected chi connectivity index (χ3v) is 2.64. The first-order chi connectivity index (χ1) is 8.59. The molecule has 0 saturated heterocycles. The van der Waals surface area contributed by atoms with Crippen LogP contribution in [0.25, 0.3) is 0 Å². The van der Waals surface area contributed by atoms with Crippen molar-refractivity contribution in [3.63, 3.8) is 0 Å². The Kier molecular flexibility index (Phi) is 3.42. The van der Waals surface area contributed by atoms with E-state index < -0.39 is 5.82 Å². The molecule has 0 aliphatic heterocycles. The fraction of sp³-hybridized carbons (Fsp3) is 0.133. The molecule has 0 atom stereocenters. The van der Waals surface area contributed by atoms with Gasteiger partial charge in [0.2, 0.25) is 0 Å². The van der Waals surface area contributed by atoms with E-state index in [1.54, 1.807) is 12.1 Å². The highest BCUT2D eigenvalue weighted by atomic mass is 19.1. The van der Waals surface area contributed by atoms with Crippen molar-refractivity contribution in [2.45, 2.75) is 13.8 Å². The number of Topliss-reactive ketones (excluding diaryl/α,β-unsaturated/α-hetero) is 1. The summed E-state index contributed by atoms with van der Waals surface area (Å²) in [6.07, 6.45) is 0. The van der Waals surface area contributed by atoms with E-state index in [9.17, 15) is 9.18 Å². The molecule has 0 aromatic heterocycles. The van der Waals surface area contributed by atoms with Gasteiger partial charge in [0.15, 0.2) is 5.78 Å². The lowest BCUT2D eigenvalue weighted by Gasteiger charge is -2.11. The number of hydrogen-bond acceptors (Lipinski definition) is 2. The van der Waals surface area contributed by atoms with Gasteiger partial charge in [0.05, 0.1) is 5.56 Å². The monoisotopic (exact) mass is 244 g/mol. The summed E-state index contributed by atoms with van der Waals surface area (Å²) in [5.41, 5.74) is 0.914. The van der Waals surface area contributed by atoms with Crippen LogP contribution in [-0.4, -0.2) is 5.78 Å². The Hall–Kier alpha value is -2.16. The van der Waals surface area contributed by atoms with Gasteiger partial charge in [-0.2, -0.15) is 0 Å². The molecule has 0 N–H and O–H groups in total. The lowest BCUT2D eigenvalue weighted by atomic mass is 10.1. The van der Waals surface area contributed by atoms with Gasteiger partial charge in [-0.05, 0) is 37.6 Å². The van der Waals surface area contributed by atoms with Gasteiger partial charge in [-0.3, -0.25) is 4.79 Å². The number of ether oxygens (including phenoxy) is 1. The smallest absolute Gasteiger partial charge is 0.166 e.